The van der Waals surface area contributed by atoms with Crippen molar-refractivity contribution in [1.82, 2.24) is 10.2 Å². The molecule has 1 fully saturated rings. The fraction of sp³-hybridized carbons (Fsp3) is 0.562. The molecule has 116 valence electrons. The van der Waals surface area contributed by atoms with E-state index in [0.717, 1.165) is 38.0 Å². The van der Waals surface area contributed by atoms with Crippen LogP contribution < -0.4 is 5.32 Å². The molecule has 0 aliphatic carbocycles. The standard InChI is InChI=1S/C16H23ClN2O2/c1-3-14-16(20)19(10-4-5-11-21-2)15(18-14)12-6-8-13(17)9-7-12/h6-9,14-15,18H,3-5,10-11H2,1-2H3. The van der Waals surface area contributed by atoms with E-state index in [4.69, 9.17) is 16.3 Å². The summed E-state index contributed by atoms with van der Waals surface area (Å²) >= 11 is 5.94. The highest BCUT2D eigenvalue weighted by Gasteiger charge is 2.37. The minimum atomic E-state index is -0.0897. The second-order valence-corrected chi connectivity index (χ2v) is 5.75. The van der Waals surface area contributed by atoms with Gasteiger partial charge in [0.05, 0.1) is 6.04 Å². The van der Waals surface area contributed by atoms with Crippen LogP contribution in [0.15, 0.2) is 24.3 Å². The van der Waals surface area contributed by atoms with Crippen LogP contribution in [0.25, 0.3) is 0 Å². The van der Waals surface area contributed by atoms with Gasteiger partial charge in [-0.15, -0.1) is 0 Å². The zero-order chi connectivity index (χ0) is 15.2. The van der Waals surface area contributed by atoms with Gasteiger partial charge < -0.3 is 9.64 Å². The summed E-state index contributed by atoms with van der Waals surface area (Å²) in [7, 11) is 1.70. The number of carbonyl (C=O) groups excluding carboxylic acids is 1. The maximum absolute atomic E-state index is 12.5. The van der Waals surface area contributed by atoms with Crippen molar-refractivity contribution in [1.29, 1.82) is 0 Å². The summed E-state index contributed by atoms with van der Waals surface area (Å²) in [5.74, 6) is 0.190. The highest BCUT2D eigenvalue weighted by atomic mass is 35.5. The van der Waals surface area contributed by atoms with Crippen molar-refractivity contribution in [2.24, 2.45) is 0 Å². The molecule has 2 atom stereocenters. The lowest BCUT2D eigenvalue weighted by Gasteiger charge is -2.24. The third-order valence-electron chi connectivity index (χ3n) is 3.84. The first-order valence-corrected chi connectivity index (χ1v) is 7.86. The molecule has 1 aromatic rings. The number of carbonyl (C=O) groups is 1. The Bertz CT molecular complexity index is 464. The van der Waals surface area contributed by atoms with Crippen LogP contribution in [0.4, 0.5) is 0 Å². The minimum absolute atomic E-state index is 0.0535. The van der Waals surface area contributed by atoms with E-state index in [1.165, 1.54) is 0 Å². The number of benzene rings is 1. The van der Waals surface area contributed by atoms with E-state index >= 15 is 0 Å². The Morgan fingerprint density at radius 2 is 2.00 bits per heavy atom. The Morgan fingerprint density at radius 1 is 1.29 bits per heavy atom. The molecule has 4 nitrogen and oxygen atoms in total. The number of halogens is 1. The Morgan fingerprint density at radius 3 is 2.62 bits per heavy atom. The first kappa shape index (κ1) is 16.3. The van der Waals surface area contributed by atoms with E-state index in [-0.39, 0.29) is 18.1 Å². The van der Waals surface area contributed by atoms with Gasteiger partial charge in [0.2, 0.25) is 5.91 Å². The Hall–Kier alpha value is -1.10. The number of methoxy groups -OCH3 is 1. The zero-order valence-corrected chi connectivity index (χ0v) is 13.4. The Balaban J connectivity index is 2.08. The highest BCUT2D eigenvalue weighted by molar-refractivity contribution is 6.30. The van der Waals surface area contributed by atoms with Crippen molar-refractivity contribution in [3.63, 3.8) is 0 Å². The molecule has 0 aromatic heterocycles. The molecule has 1 aliphatic heterocycles. The normalized spacial score (nSPS) is 22.0. The van der Waals surface area contributed by atoms with Crippen LogP contribution in [0.5, 0.6) is 0 Å². The number of nitrogens with zero attached hydrogens (tertiary/aromatic N) is 1. The van der Waals surface area contributed by atoms with Gasteiger partial charge in [-0.3, -0.25) is 10.1 Å². The molecule has 2 unspecified atom stereocenters. The number of unbranched alkanes of at least 4 members (excludes halogenated alkanes) is 1. The van der Waals surface area contributed by atoms with Gasteiger partial charge in [-0.2, -0.15) is 0 Å². The lowest BCUT2D eigenvalue weighted by Crippen LogP contribution is -2.32. The molecule has 0 bridgehead atoms. The number of nitrogens with one attached hydrogen (secondary N) is 1. The van der Waals surface area contributed by atoms with Crippen LogP contribution in [-0.4, -0.2) is 37.1 Å². The Labute approximate surface area is 131 Å². The van der Waals surface area contributed by atoms with E-state index in [2.05, 4.69) is 5.32 Å². The topological polar surface area (TPSA) is 41.6 Å². The number of hydrogen-bond acceptors (Lipinski definition) is 3. The molecule has 1 heterocycles. The van der Waals surface area contributed by atoms with Crippen LogP contribution in [0.1, 0.15) is 37.9 Å². The van der Waals surface area contributed by atoms with Gasteiger partial charge in [0, 0.05) is 25.3 Å². The molecule has 1 amide bonds. The second kappa shape index (κ2) is 7.78. The Kier molecular flexibility index (Phi) is 6.03. The van der Waals surface area contributed by atoms with Gasteiger partial charge in [0.15, 0.2) is 0 Å². The maximum atomic E-state index is 12.5. The minimum Gasteiger partial charge on any atom is -0.385 e. The molecule has 21 heavy (non-hydrogen) atoms. The van der Waals surface area contributed by atoms with Crippen LogP contribution in [0.3, 0.4) is 0 Å². The van der Waals surface area contributed by atoms with Crippen LogP contribution in [-0.2, 0) is 9.53 Å². The molecule has 1 N–H and O–H groups in total. The smallest absolute Gasteiger partial charge is 0.241 e. The van der Waals surface area contributed by atoms with Crippen LogP contribution >= 0.6 is 11.6 Å². The average molecular weight is 311 g/mol. The first-order chi connectivity index (χ1) is 10.2. The SMILES string of the molecule is CCC1NC(c2ccc(Cl)cc2)N(CCCCOC)C1=O. The fourth-order valence-corrected chi connectivity index (χ4v) is 2.79. The fourth-order valence-electron chi connectivity index (χ4n) is 2.66. The van der Waals surface area contributed by atoms with E-state index in [1.807, 2.05) is 36.1 Å². The lowest BCUT2D eigenvalue weighted by molar-refractivity contribution is -0.130. The van der Waals surface area contributed by atoms with Crippen molar-refractivity contribution >= 4 is 17.5 Å². The van der Waals surface area contributed by atoms with Crippen LogP contribution in [0, 0.1) is 0 Å². The van der Waals surface area contributed by atoms with E-state index in [0.29, 0.717) is 5.02 Å². The summed E-state index contributed by atoms with van der Waals surface area (Å²) in [5.41, 5.74) is 1.08. The monoisotopic (exact) mass is 310 g/mol. The first-order valence-electron chi connectivity index (χ1n) is 7.48. The zero-order valence-electron chi connectivity index (χ0n) is 12.6. The molecule has 1 aliphatic rings. The van der Waals surface area contributed by atoms with Gasteiger partial charge in [0.25, 0.3) is 0 Å². The molecule has 0 saturated carbocycles. The van der Waals surface area contributed by atoms with E-state index in [9.17, 15) is 4.79 Å². The van der Waals surface area contributed by atoms with E-state index in [1.54, 1.807) is 7.11 Å². The molecule has 1 saturated heterocycles. The summed E-state index contributed by atoms with van der Waals surface area (Å²) in [6.07, 6.45) is 2.66. The molecule has 0 spiro atoms. The predicted octanol–water partition coefficient (Wildman–Crippen LogP) is 2.98. The summed E-state index contributed by atoms with van der Waals surface area (Å²) in [5, 5.41) is 4.13. The number of amides is 1. The van der Waals surface area contributed by atoms with Gasteiger partial charge in [0.1, 0.15) is 6.17 Å². The number of rotatable bonds is 7. The largest absolute Gasteiger partial charge is 0.385 e. The van der Waals surface area contributed by atoms with Gasteiger partial charge in [-0.05, 0) is 37.0 Å². The molecular formula is C16H23ClN2O2. The third-order valence-corrected chi connectivity index (χ3v) is 4.10. The quantitative estimate of drug-likeness (QED) is 0.787. The average Bonchev–Trinajstić information content (AvgIpc) is 2.81. The van der Waals surface area contributed by atoms with Crippen molar-refractivity contribution < 1.29 is 9.53 Å². The summed E-state index contributed by atoms with van der Waals surface area (Å²) < 4.78 is 5.07. The van der Waals surface area contributed by atoms with Gasteiger partial charge in [-0.1, -0.05) is 30.7 Å². The maximum Gasteiger partial charge on any atom is 0.241 e. The molecule has 2 rings (SSSR count). The van der Waals surface area contributed by atoms with Crippen molar-refractivity contribution in [3.8, 4) is 0 Å². The van der Waals surface area contributed by atoms with Gasteiger partial charge >= 0.3 is 0 Å². The summed E-state index contributed by atoms with van der Waals surface area (Å²) in [4.78, 5) is 14.4. The van der Waals surface area contributed by atoms with Crippen molar-refractivity contribution in [3.05, 3.63) is 34.9 Å². The third kappa shape index (κ3) is 3.96. The van der Waals surface area contributed by atoms with Crippen LogP contribution in [0.2, 0.25) is 5.02 Å². The molecule has 5 heteroatoms. The lowest BCUT2D eigenvalue weighted by atomic mass is 10.1. The molecular weight excluding hydrogens is 288 g/mol. The van der Waals surface area contributed by atoms with Gasteiger partial charge in [-0.25, -0.2) is 0 Å². The van der Waals surface area contributed by atoms with Crippen molar-refractivity contribution in [2.45, 2.75) is 38.4 Å². The summed E-state index contributed by atoms with van der Waals surface area (Å²) in [6, 6.07) is 7.60. The molecule has 0 radical (unpaired) electrons. The molecule has 1 aromatic carbocycles. The van der Waals surface area contributed by atoms with E-state index < -0.39 is 0 Å². The highest BCUT2D eigenvalue weighted by Crippen LogP contribution is 2.27. The number of ether oxygens (including phenoxy) is 1. The second-order valence-electron chi connectivity index (χ2n) is 5.31. The summed E-state index contributed by atoms with van der Waals surface area (Å²) in [6.45, 7) is 3.51. The van der Waals surface area contributed by atoms with Crippen molar-refractivity contribution in [2.75, 3.05) is 20.3 Å². The predicted molar refractivity (Wildman–Crippen MR) is 84.2 cm³/mol. The number of hydrogen-bond donors (Lipinski definition) is 1.